The van der Waals surface area contributed by atoms with Gasteiger partial charge in [-0.3, -0.25) is 9.78 Å². The van der Waals surface area contributed by atoms with Crippen molar-refractivity contribution in [1.29, 1.82) is 5.26 Å². The second-order valence-corrected chi connectivity index (χ2v) is 5.80. The lowest BCUT2D eigenvalue weighted by Crippen LogP contribution is -2.14. The number of thiazole rings is 1. The number of hydrogen-bond acceptors (Lipinski definition) is 6. The van der Waals surface area contributed by atoms with E-state index in [9.17, 15) is 9.90 Å². The Bertz CT molecular complexity index is 1010. The van der Waals surface area contributed by atoms with Crippen LogP contribution < -0.4 is 5.56 Å². The normalized spacial score (nSPS) is 10.8. The summed E-state index contributed by atoms with van der Waals surface area (Å²) in [5.41, 5.74) is 1.81. The van der Waals surface area contributed by atoms with Crippen molar-refractivity contribution in [2.45, 2.75) is 6.92 Å². The standard InChI is InChI=1S/C17H12N4O2S/c1-10-12(7-18)15(22)21-16(23)13(10)8-19-17-20-14(9-24-17)11-5-3-2-4-6-11/h2-6,8-9H,1H3,(H2,21,22,23)/b19-8+. The molecule has 0 saturated heterocycles. The molecule has 0 aliphatic carbocycles. The summed E-state index contributed by atoms with van der Waals surface area (Å²) in [7, 11) is 0. The second-order valence-electron chi connectivity index (χ2n) is 4.97. The lowest BCUT2D eigenvalue weighted by atomic mass is 10.1. The zero-order chi connectivity index (χ0) is 17.1. The average Bonchev–Trinajstić information content (AvgIpc) is 3.04. The molecule has 2 N–H and O–H groups in total. The first kappa shape index (κ1) is 15.6. The zero-order valence-electron chi connectivity index (χ0n) is 12.6. The Morgan fingerprint density at radius 2 is 2.12 bits per heavy atom. The van der Waals surface area contributed by atoms with E-state index in [2.05, 4.69) is 15.0 Å². The molecule has 2 heterocycles. The van der Waals surface area contributed by atoms with Crippen LogP contribution in [0.1, 0.15) is 16.7 Å². The number of pyridine rings is 1. The number of H-pyrrole nitrogens is 1. The van der Waals surface area contributed by atoms with E-state index in [0.29, 0.717) is 16.3 Å². The van der Waals surface area contributed by atoms with Gasteiger partial charge in [0.05, 0.1) is 11.3 Å². The van der Waals surface area contributed by atoms with Crippen molar-refractivity contribution in [3.05, 3.63) is 62.8 Å². The molecule has 3 aromatic rings. The summed E-state index contributed by atoms with van der Waals surface area (Å²) in [6, 6.07) is 11.5. The van der Waals surface area contributed by atoms with Gasteiger partial charge in [-0.05, 0) is 12.5 Å². The molecule has 7 heteroatoms. The number of aromatic amines is 1. The fraction of sp³-hybridized carbons (Fsp3) is 0.0588. The van der Waals surface area contributed by atoms with E-state index in [1.807, 2.05) is 41.8 Å². The van der Waals surface area contributed by atoms with E-state index < -0.39 is 5.56 Å². The van der Waals surface area contributed by atoms with Crippen LogP contribution in [-0.2, 0) is 0 Å². The maximum atomic E-state index is 11.6. The van der Waals surface area contributed by atoms with Gasteiger partial charge in [-0.1, -0.05) is 30.3 Å². The lowest BCUT2D eigenvalue weighted by molar-refractivity contribution is 0.450. The summed E-state index contributed by atoms with van der Waals surface area (Å²) in [6.45, 7) is 1.59. The highest BCUT2D eigenvalue weighted by Crippen LogP contribution is 2.27. The van der Waals surface area contributed by atoms with Crippen LogP contribution in [0.4, 0.5) is 5.13 Å². The van der Waals surface area contributed by atoms with Crippen molar-refractivity contribution in [3.8, 4) is 23.2 Å². The number of aromatic hydroxyl groups is 1. The van der Waals surface area contributed by atoms with Crippen LogP contribution in [-0.4, -0.2) is 21.3 Å². The molecule has 0 radical (unpaired) electrons. The first-order chi connectivity index (χ1) is 11.6. The molecule has 0 atom stereocenters. The Hall–Kier alpha value is -3.24. The number of rotatable bonds is 3. The first-order valence-electron chi connectivity index (χ1n) is 7.01. The third-order valence-electron chi connectivity index (χ3n) is 3.47. The molecular weight excluding hydrogens is 324 g/mol. The molecule has 0 bridgehead atoms. The van der Waals surface area contributed by atoms with Crippen molar-refractivity contribution in [3.63, 3.8) is 0 Å². The Labute approximate surface area is 141 Å². The van der Waals surface area contributed by atoms with Gasteiger partial charge in [0.2, 0.25) is 11.0 Å². The third kappa shape index (κ3) is 2.95. The van der Waals surface area contributed by atoms with E-state index in [0.717, 1.165) is 11.3 Å². The minimum absolute atomic E-state index is 0.0432. The second kappa shape index (κ2) is 6.48. The third-order valence-corrected chi connectivity index (χ3v) is 4.22. The summed E-state index contributed by atoms with van der Waals surface area (Å²) in [4.78, 5) is 22.5. The van der Waals surface area contributed by atoms with Gasteiger partial charge in [0.1, 0.15) is 11.6 Å². The van der Waals surface area contributed by atoms with E-state index >= 15 is 0 Å². The molecule has 118 valence electrons. The highest BCUT2D eigenvalue weighted by molar-refractivity contribution is 7.13. The Kier molecular flexibility index (Phi) is 4.22. The molecule has 0 fully saturated rings. The molecule has 24 heavy (non-hydrogen) atoms. The highest BCUT2D eigenvalue weighted by Gasteiger charge is 2.12. The number of hydrogen-bond donors (Lipinski definition) is 2. The largest absolute Gasteiger partial charge is 0.494 e. The highest BCUT2D eigenvalue weighted by atomic mass is 32.1. The van der Waals surface area contributed by atoms with Gasteiger partial charge < -0.3 is 5.11 Å². The fourth-order valence-corrected chi connectivity index (χ4v) is 2.87. The van der Waals surface area contributed by atoms with Crippen LogP contribution in [0.3, 0.4) is 0 Å². The van der Waals surface area contributed by atoms with Gasteiger partial charge in [0, 0.05) is 17.2 Å². The molecule has 0 spiro atoms. The molecule has 0 saturated carbocycles. The van der Waals surface area contributed by atoms with Crippen molar-refractivity contribution in [2.75, 3.05) is 0 Å². The van der Waals surface area contributed by atoms with Crippen molar-refractivity contribution in [2.24, 2.45) is 4.99 Å². The molecule has 3 rings (SSSR count). The lowest BCUT2D eigenvalue weighted by Gasteiger charge is -2.03. The van der Waals surface area contributed by atoms with Gasteiger partial charge in [-0.25, -0.2) is 9.98 Å². The van der Waals surface area contributed by atoms with E-state index in [4.69, 9.17) is 5.26 Å². The van der Waals surface area contributed by atoms with Crippen LogP contribution in [0.25, 0.3) is 11.3 Å². The van der Waals surface area contributed by atoms with Crippen molar-refractivity contribution < 1.29 is 5.11 Å². The van der Waals surface area contributed by atoms with Gasteiger partial charge in [0.25, 0.3) is 5.56 Å². The van der Waals surface area contributed by atoms with Gasteiger partial charge in [-0.15, -0.1) is 11.3 Å². The zero-order valence-corrected chi connectivity index (χ0v) is 13.5. The Morgan fingerprint density at radius 3 is 2.83 bits per heavy atom. The number of aromatic nitrogens is 2. The van der Waals surface area contributed by atoms with E-state index in [1.165, 1.54) is 17.6 Å². The molecule has 1 aromatic carbocycles. The predicted molar refractivity (Wildman–Crippen MR) is 93.0 cm³/mol. The van der Waals surface area contributed by atoms with Gasteiger partial charge >= 0.3 is 0 Å². The molecule has 0 aliphatic rings. The van der Waals surface area contributed by atoms with Crippen LogP contribution in [0.2, 0.25) is 0 Å². The van der Waals surface area contributed by atoms with Crippen LogP contribution in [0.15, 0.2) is 45.5 Å². The smallest absolute Gasteiger partial charge is 0.268 e. The van der Waals surface area contributed by atoms with Crippen molar-refractivity contribution >= 4 is 22.7 Å². The number of nitrogens with one attached hydrogen (secondary N) is 1. The first-order valence-corrected chi connectivity index (χ1v) is 7.89. The van der Waals surface area contributed by atoms with Crippen LogP contribution in [0.5, 0.6) is 5.88 Å². The average molecular weight is 336 g/mol. The SMILES string of the molecule is Cc1c(/C=N/c2nc(-c3ccccc3)cs2)c(O)[nH]c(=O)c1C#N. The molecule has 0 amide bonds. The minimum Gasteiger partial charge on any atom is -0.494 e. The van der Waals surface area contributed by atoms with Crippen LogP contribution >= 0.6 is 11.3 Å². The van der Waals surface area contributed by atoms with Gasteiger partial charge in [-0.2, -0.15) is 5.26 Å². The minimum atomic E-state index is -0.620. The fourth-order valence-electron chi connectivity index (χ4n) is 2.20. The number of benzene rings is 1. The van der Waals surface area contributed by atoms with E-state index in [1.54, 1.807) is 6.92 Å². The van der Waals surface area contributed by atoms with Crippen LogP contribution in [0, 0.1) is 18.3 Å². The number of aliphatic imine (C=N–C) groups is 1. The quantitative estimate of drug-likeness (QED) is 0.717. The summed E-state index contributed by atoms with van der Waals surface area (Å²) in [5.74, 6) is -0.319. The van der Waals surface area contributed by atoms with Gasteiger partial charge in [0.15, 0.2) is 0 Å². The number of nitrogens with zero attached hydrogens (tertiary/aromatic N) is 3. The number of nitriles is 1. The topological polar surface area (TPSA) is 102 Å². The summed E-state index contributed by atoms with van der Waals surface area (Å²) >= 11 is 1.36. The summed E-state index contributed by atoms with van der Waals surface area (Å²) < 4.78 is 0. The Balaban J connectivity index is 1.94. The molecular formula is C17H12N4O2S. The monoisotopic (exact) mass is 336 g/mol. The molecule has 0 unspecified atom stereocenters. The van der Waals surface area contributed by atoms with E-state index in [-0.39, 0.29) is 11.4 Å². The predicted octanol–water partition coefficient (Wildman–Crippen LogP) is 3.13. The molecule has 6 nitrogen and oxygen atoms in total. The maximum Gasteiger partial charge on any atom is 0.268 e. The maximum absolute atomic E-state index is 11.6. The van der Waals surface area contributed by atoms with Crippen molar-refractivity contribution in [1.82, 2.24) is 9.97 Å². The molecule has 0 aliphatic heterocycles. The Morgan fingerprint density at radius 1 is 1.38 bits per heavy atom. The summed E-state index contributed by atoms with van der Waals surface area (Å²) in [5, 5.41) is 21.3. The summed E-state index contributed by atoms with van der Waals surface area (Å²) in [6.07, 6.45) is 1.40. The molecule has 2 aromatic heterocycles.